The van der Waals surface area contributed by atoms with Crippen LogP contribution in [0, 0.1) is 0 Å². The molecular formula is C11H20N2O3. The molecule has 1 saturated heterocycles. The zero-order valence-electron chi connectivity index (χ0n) is 9.54. The van der Waals surface area contributed by atoms with Gasteiger partial charge in [0.05, 0.1) is 6.61 Å². The summed E-state index contributed by atoms with van der Waals surface area (Å²) in [4.78, 5) is 11.5. The van der Waals surface area contributed by atoms with Gasteiger partial charge in [-0.05, 0) is 25.7 Å². The first-order valence-electron chi connectivity index (χ1n) is 5.95. The molecule has 92 valence electrons. The molecule has 1 aliphatic carbocycles. The lowest BCUT2D eigenvalue weighted by Gasteiger charge is -2.35. The highest BCUT2D eigenvalue weighted by atomic mass is 16.5. The van der Waals surface area contributed by atoms with Crippen LogP contribution in [0.1, 0.15) is 25.7 Å². The summed E-state index contributed by atoms with van der Waals surface area (Å²) in [7, 11) is 0. The van der Waals surface area contributed by atoms with Crippen molar-refractivity contribution < 1.29 is 14.3 Å². The van der Waals surface area contributed by atoms with Crippen LogP contribution in [0.3, 0.4) is 0 Å². The van der Waals surface area contributed by atoms with Crippen molar-refractivity contribution in [2.45, 2.75) is 37.3 Å². The average molecular weight is 228 g/mol. The predicted molar refractivity (Wildman–Crippen MR) is 59.0 cm³/mol. The Kier molecular flexibility index (Phi) is 3.78. The minimum absolute atomic E-state index is 0.0408. The lowest BCUT2D eigenvalue weighted by Crippen LogP contribution is -2.49. The van der Waals surface area contributed by atoms with Crippen LogP contribution in [-0.2, 0) is 14.3 Å². The van der Waals surface area contributed by atoms with E-state index in [9.17, 15) is 4.79 Å². The molecule has 1 atom stereocenters. The maximum absolute atomic E-state index is 11.5. The standard InChI is InChI=1S/C11H20N2O3/c12-7-11(4-1-5-15-8-11)16-6-10(14)13-9-2-3-9/h9H,1-8,12H2,(H,13,14). The molecule has 2 aliphatic rings. The molecule has 1 aliphatic heterocycles. The van der Waals surface area contributed by atoms with E-state index >= 15 is 0 Å². The Labute approximate surface area is 95.7 Å². The number of rotatable bonds is 5. The van der Waals surface area contributed by atoms with Crippen molar-refractivity contribution in [2.24, 2.45) is 5.73 Å². The third-order valence-corrected chi connectivity index (χ3v) is 3.11. The molecule has 0 aromatic rings. The highest BCUT2D eigenvalue weighted by molar-refractivity contribution is 5.77. The van der Waals surface area contributed by atoms with Gasteiger partial charge >= 0.3 is 0 Å². The molecule has 2 fully saturated rings. The number of carbonyl (C=O) groups excluding carboxylic acids is 1. The summed E-state index contributed by atoms with van der Waals surface area (Å²) in [6.45, 7) is 1.76. The van der Waals surface area contributed by atoms with E-state index in [1.807, 2.05) is 0 Å². The second-order valence-electron chi connectivity index (χ2n) is 4.67. The summed E-state index contributed by atoms with van der Waals surface area (Å²) in [5, 5.41) is 2.89. The van der Waals surface area contributed by atoms with Gasteiger partial charge in [-0.3, -0.25) is 4.79 Å². The average Bonchev–Trinajstić information content (AvgIpc) is 3.12. The topological polar surface area (TPSA) is 73.6 Å². The van der Waals surface area contributed by atoms with Gasteiger partial charge in [-0.25, -0.2) is 0 Å². The Hall–Kier alpha value is -0.650. The number of nitrogens with one attached hydrogen (secondary N) is 1. The number of hydrogen-bond acceptors (Lipinski definition) is 4. The van der Waals surface area contributed by atoms with Gasteiger partial charge in [0.2, 0.25) is 5.91 Å². The molecule has 2 rings (SSSR count). The second kappa shape index (κ2) is 5.12. The Bertz CT molecular complexity index is 248. The van der Waals surface area contributed by atoms with Crippen LogP contribution in [0.4, 0.5) is 0 Å². The molecule has 0 bridgehead atoms. The number of carbonyl (C=O) groups is 1. The van der Waals surface area contributed by atoms with E-state index in [0.29, 0.717) is 19.2 Å². The van der Waals surface area contributed by atoms with Crippen molar-refractivity contribution in [1.29, 1.82) is 0 Å². The molecule has 0 spiro atoms. The SMILES string of the molecule is NCC1(OCC(=O)NC2CC2)CCCOC1. The lowest BCUT2D eigenvalue weighted by molar-refractivity contribution is -0.147. The maximum atomic E-state index is 11.5. The lowest BCUT2D eigenvalue weighted by atomic mass is 9.97. The Morgan fingerprint density at radius 3 is 2.94 bits per heavy atom. The second-order valence-corrected chi connectivity index (χ2v) is 4.67. The van der Waals surface area contributed by atoms with E-state index < -0.39 is 5.60 Å². The quantitative estimate of drug-likeness (QED) is 0.683. The number of nitrogens with two attached hydrogens (primary N) is 1. The molecular weight excluding hydrogens is 208 g/mol. The molecule has 1 unspecified atom stereocenters. The van der Waals surface area contributed by atoms with Crippen LogP contribution in [0.25, 0.3) is 0 Å². The van der Waals surface area contributed by atoms with Crippen LogP contribution in [0.5, 0.6) is 0 Å². The molecule has 0 aromatic carbocycles. The first-order valence-corrected chi connectivity index (χ1v) is 5.95. The van der Waals surface area contributed by atoms with E-state index in [4.69, 9.17) is 15.2 Å². The normalized spacial score (nSPS) is 30.1. The number of ether oxygens (including phenoxy) is 2. The van der Waals surface area contributed by atoms with Crippen LogP contribution in [-0.4, -0.2) is 43.9 Å². The minimum Gasteiger partial charge on any atom is -0.378 e. The van der Waals surface area contributed by atoms with Gasteiger partial charge < -0.3 is 20.5 Å². The van der Waals surface area contributed by atoms with Crippen molar-refractivity contribution in [1.82, 2.24) is 5.32 Å². The molecule has 1 amide bonds. The first-order chi connectivity index (χ1) is 7.74. The van der Waals surface area contributed by atoms with Crippen molar-refractivity contribution in [3.8, 4) is 0 Å². The van der Waals surface area contributed by atoms with Crippen molar-refractivity contribution in [2.75, 3.05) is 26.4 Å². The Morgan fingerprint density at radius 2 is 2.38 bits per heavy atom. The molecule has 1 saturated carbocycles. The summed E-state index contributed by atoms with van der Waals surface area (Å²) in [5.74, 6) is -0.0408. The summed E-state index contributed by atoms with van der Waals surface area (Å²) >= 11 is 0. The molecule has 5 nitrogen and oxygen atoms in total. The van der Waals surface area contributed by atoms with Gasteiger partial charge in [-0.15, -0.1) is 0 Å². The fourth-order valence-electron chi connectivity index (χ4n) is 1.88. The van der Waals surface area contributed by atoms with E-state index in [0.717, 1.165) is 32.3 Å². The third-order valence-electron chi connectivity index (χ3n) is 3.11. The molecule has 16 heavy (non-hydrogen) atoms. The van der Waals surface area contributed by atoms with Gasteiger partial charge in [0.15, 0.2) is 0 Å². The molecule has 5 heteroatoms. The van der Waals surface area contributed by atoms with Gasteiger partial charge in [0, 0.05) is 19.2 Å². The fourth-order valence-corrected chi connectivity index (χ4v) is 1.88. The van der Waals surface area contributed by atoms with Gasteiger partial charge in [0.25, 0.3) is 0 Å². The number of hydrogen-bond donors (Lipinski definition) is 2. The van der Waals surface area contributed by atoms with Crippen molar-refractivity contribution >= 4 is 5.91 Å². The summed E-state index contributed by atoms with van der Waals surface area (Å²) in [6, 6.07) is 0.382. The fraction of sp³-hybridized carbons (Fsp3) is 0.909. The van der Waals surface area contributed by atoms with Crippen LogP contribution < -0.4 is 11.1 Å². The Morgan fingerprint density at radius 1 is 1.56 bits per heavy atom. The first kappa shape index (κ1) is 11.8. The summed E-state index contributed by atoms with van der Waals surface area (Å²) in [5.41, 5.74) is 5.26. The van der Waals surface area contributed by atoms with Crippen molar-refractivity contribution in [3.05, 3.63) is 0 Å². The highest BCUT2D eigenvalue weighted by Gasteiger charge is 2.33. The van der Waals surface area contributed by atoms with Gasteiger partial charge in [-0.2, -0.15) is 0 Å². The van der Waals surface area contributed by atoms with E-state index in [-0.39, 0.29) is 12.5 Å². The van der Waals surface area contributed by atoms with Crippen molar-refractivity contribution in [3.63, 3.8) is 0 Å². The number of amides is 1. The van der Waals surface area contributed by atoms with Gasteiger partial charge in [0.1, 0.15) is 12.2 Å². The molecule has 1 heterocycles. The van der Waals surface area contributed by atoms with Gasteiger partial charge in [-0.1, -0.05) is 0 Å². The largest absolute Gasteiger partial charge is 0.378 e. The van der Waals surface area contributed by atoms with Crippen LogP contribution in [0.15, 0.2) is 0 Å². The molecule has 0 aromatic heterocycles. The molecule has 3 N–H and O–H groups in total. The minimum atomic E-state index is -0.445. The highest BCUT2D eigenvalue weighted by Crippen LogP contribution is 2.22. The monoisotopic (exact) mass is 228 g/mol. The van der Waals surface area contributed by atoms with Crippen LogP contribution in [0.2, 0.25) is 0 Å². The zero-order chi connectivity index (χ0) is 11.4. The van der Waals surface area contributed by atoms with Crippen LogP contribution >= 0.6 is 0 Å². The van der Waals surface area contributed by atoms with E-state index in [1.54, 1.807) is 0 Å². The summed E-state index contributed by atoms with van der Waals surface area (Å²) in [6.07, 6.45) is 4.01. The maximum Gasteiger partial charge on any atom is 0.246 e. The van der Waals surface area contributed by atoms with E-state index in [2.05, 4.69) is 5.32 Å². The zero-order valence-corrected chi connectivity index (χ0v) is 9.54. The van der Waals surface area contributed by atoms with E-state index in [1.165, 1.54) is 0 Å². The molecule has 0 radical (unpaired) electrons. The predicted octanol–water partition coefficient (Wildman–Crippen LogP) is -0.210. The third kappa shape index (κ3) is 3.17. The summed E-state index contributed by atoms with van der Waals surface area (Å²) < 4.78 is 11.0. The Balaban J connectivity index is 1.74. The smallest absolute Gasteiger partial charge is 0.246 e.